The maximum atomic E-state index is 13.2. The number of rotatable bonds is 9. The summed E-state index contributed by atoms with van der Waals surface area (Å²) in [5.74, 6) is 0.760. The van der Waals surface area contributed by atoms with E-state index in [1.54, 1.807) is 40.3 Å². The molecule has 5 nitrogen and oxygen atoms in total. The van der Waals surface area contributed by atoms with Crippen molar-refractivity contribution < 1.29 is 8.42 Å². The van der Waals surface area contributed by atoms with Crippen LogP contribution in [0.5, 0.6) is 0 Å². The molecule has 0 spiro atoms. The fourth-order valence-corrected chi connectivity index (χ4v) is 5.99. The second-order valence-electron chi connectivity index (χ2n) is 6.73. The number of fused-ring (bicyclic) bond motifs is 1. The smallest absolute Gasteiger partial charge is 0.264 e. The summed E-state index contributed by atoms with van der Waals surface area (Å²) in [5, 5.41) is 3.45. The van der Waals surface area contributed by atoms with Crippen LogP contribution in [0.15, 0.2) is 58.3 Å². The zero-order chi connectivity index (χ0) is 20.0. The highest BCUT2D eigenvalue weighted by atomic mass is 32.2. The van der Waals surface area contributed by atoms with Crippen LogP contribution in [0.1, 0.15) is 20.3 Å². The number of anilines is 2. The van der Waals surface area contributed by atoms with E-state index in [-0.39, 0.29) is 0 Å². The molecule has 28 heavy (non-hydrogen) atoms. The van der Waals surface area contributed by atoms with Crippen LogP contribution in [0.3, 0.4) is 0 Å². The number of sulfonamides is 1. The van der Waals surface area contributed by atoms with Gasteiger partial charge in [-0.3, -0.25) is 4.31 Å². The Hall–Kier alpha value is -1.70. The van der Waals surface area contributed by atoms with Crippen LogP contribution in [-0.4, -0.2) is 51.8 Å². The van der Waals surface area contributed by atoms with E-state index in [0.717, 1.165) is 54.6 Å². The first-order valence-corrected chi connectivity index (χ1v) is 12.3. The molecular weight excluding hydrogens is 390 g/mol. The molecule has 152 valence electrons. The van der Waals surface area contributed by atoms with E-state index >= 15 is 0 Å². The summed E-state index contributed by atoms with van der Waals surface area (Å²) in [6.07, 6.45) is 1.06. The molecule has 0 bridgehead atoms. The molecule has 0 unspecified atom stereocenters. The molecular formula is C21H29N3O2S2. The van der Waals surface area contributed by atoms with Crippen LogP contribution in [0.25, 0.3) is 0 Å². The first-order chi connectivity index (χ1) is 13.6. The van der Waals surface area contributed by atoms with Crippen molar-refractivity contribution in [3.8, 4) is 0 Å². The largest absolute Gasteiger partial charge is 0.385 e. The Labute approximate surface area is 173 Å². The van der Waals surface area contributed by atoms with E-state index in [1.807, 2.05) is 24.3 Å². The molecule has 0 aromatic heterocycles. The Balaban J connectivity index is 1.75. The minimum atomic E-state index is -3.55. The molecule has 0 saturated carbocycles. The van der Waals surface area contributed by atoms with Crippen LogP contribution < -0.4 is 9.62 Å². The summed E-state index contributed by atoms with van der Waals surface area (Å²) in [4.78, 5) is 3.75. The molecule has 0 saturated heterocycles. The third kappa shape index (κ3) is 4.82. The molecule has 2 aromatic rings. The van der Waals surface area contributed by atoms with Gasteiger partial charge in [-0.05, 0) is 56.4 Å². The van der Waals surface area contributed by atoms with Crippen molar-refractivity contribution in [2.24, 2.45) is 0 Å². The number of hydrogen-bond acceptors (Lipinski definition) is 5. The van der Waals surface area contributed by atoms with E-state index in [9.17, 15) is 8.42 Å². The van der Waals surface area contributed by atoms with Crippen molar-refractivity contribution in [1.82, 2.24) is 4.90 Å². The van der Waals surface area contributed by atoms with Crippen molar-refractivity contribution >= 4 is 33.2 Å². The Morgan fingerprint density at radius 1 is 1.11 bits per heavy atom. The fraction of sp³-hybridized carbons (Fsp3) is 0.429. The van der Waals surface area contributed by atoms with Crippen LogP contribution in [-0.2, 0) is 10.0 Å². The predicted molar refractivity (Wildman–Crippen MR) is 119 cm³/mol. The van der Waals surface area contributed by atoms with Crippen molar-refractivity contribution in [2.75, 3.05) is 48.1 Å². The van der Waals surface area contributed by atoms with Gasteiger partial charge in [-0.2, -0.15) is 0 Å². The number of benzene rings is 2. The molecule has 2 aromatic carbocycles. The lowest BCUT2D eigenvalue weighted by molar-refractivity contribution is 0.303. The molecule has 0 radical (unpaired) electrons. The maximum Gasteiger partial charge on any atom is 0.264 e. The summed E-state index contributed by atoms with van der Waals surface area (Å²) in [7, 11) is -3.55. The molecule has 0 fully saturated rings. The molecule has 3 rings (SSSR count). The first-order valence-electron chi connectivity index (χ1n) is 9.87. The van der Waals surface area contributed by atoms with E-state index in [0.29, 0.717) is 11.4 Å². The minimum Gasteiger partial charge on any atom is -0.385 e. The van der Waals surface area contributed by atoms with E-state index in [1.165, 1.54) is 0 Å². The topological polar surface area (TPSA) is 52.6 Å². The van der Waals surface area contributed by atoms with Gasteiger partial charge in [0, 0.05) is 29.4 Å². The van der Waals surface area contributed by atoms with Crippen molar-refractivity contribution in [3.05, 3.63) is 48.5 Å². The molecule has 7 heteroatoms. The van der Waals surface area contributed by atoms with Crippen LogP contribution in [0.2, 0.25) is 0 Å². The lowest BCUT2D eigenvalue weighted by Gasteiger charge is -2.30. The SMILES string of the molecule is CCN(CC)CCCNc1ccc2c(c1)N(S(=O)(=O)c1ccccc1)CCS2. The zero-order valence-corrected chi connectivity index (χ0v) is 18.2. The fourth-order valence-electron chi connectivity index (χ4n) is 3.35. The molecule has 1 aliphatic heterocycles. The van der Waals surface area contributed by atoms with Gasteiger partial charge < -0.3 is 10.2 Å². The number of nitrogens with one attached hydrogen (secondary N) is 1. The number of nitrogens with zero attached hydrogens (tertiary/aromatic N) is 2. The maximum absolute atomic E-state index is 13.2. The zero-order valence-electron chi connectivity index (χ0n) is 16.6. The first kappa shape index (κ1) is 21.0. The highest BCUT2D eigenvalue weighted by molar-refractivity contribution is 8.00. The second kappa shape index (κ2) is 9.67. The summed E-state index contributed by atoms with van der Waals surface area (Å²) in [6.45, 7) is 8.92. The van der Waals surface area contributed by atoms with Gasteiger partial charge in [0.05, 0.1) is 10.6 Å². The van der Waals surface area contributed by atoms with Gasteiger partial charge in [0.2, 0.25) is 0 Å². The molecule has 1 N–H and O–H groups in total. The Kier molecular flexibility index (Phi) is 7.26. The third-order valence-corrected chi connectivity index (χ3v) is 7.86. The number of hydrogen-bond donors (Lipinski definition) is 1. The van der Waals surface area contributed by atoms with Gasteiger partial charge >= 0.3 is 0 Å². The average Bonchev–Trinajstić information content (AvgIpc) is 2.74. The molecule has 1 aliphatic rings. The second-order valence-corrected chi connectivity index (χ2v) is 9.73. The molecule has 1 heterocycles. The molecule has 0 aliphatic carbocycles. The van der Waals surface area contributed by atoms with E-state index in [4.69, 9.17) is 0 Å². The lowest BCUT2D eigenvalue weighted by atomic mass is 10.2. The quantitative estimate of drug-likeness (QED) is 0.620. The average molecular weight is 420 g/mol. The van der Waals surface area contributed by atoms with Gasteiger partial charge in [0.25, 0.3) is 10.0 Å². The van der Waals surface area contributed by atoms with Crippen molar-refractivity contribution in [2.45, 2.75) is 30.1 Å². The summed E-state index contributed by atoms with van der Waals surface area (Å²) < 4.78 is 27.9. The monoisotopic (exact) mass is 419 g/mol. The van der Waals surface area contributed by atoms with Gasteiger partial charge in [-0.1, -0.05) is 32.0 Å². The summed E-state index contributed by atoms with van der Waals surface area (Å²) in [6, 6.07) is 14.7. The number of thioether (sulfide) groups is 1. The van der Waals surface area contributed by atoms with Crippen LogP contribution in [0, 0.1) is 0 Å². The van der Waals surface area contributed by atoms with Crippen molar-refractivity contribution in [3.63, 3.8) is 0 Å². The lowest BCUT2D eigenvalue weighted by Crippen LogP contribution is -2.35. The highest BCUT2D eigenvalue weighted by Crippen LogP contribution is 2.39. The highest BCUT2D eigenvalue weighted by Gasteiger charge is 2.29. The molecule has 0 atom stereocenters. The summed E-state index contributed by atoms with van der Waals surface area (Å²) in [5.41, 5.74) is 1.74. The van der Waals surface area contributed by atoms with Crippen LogP contribution in [0.4, 0.5) is 11.4 Å². The summed E-state index contributed by atoms with van der Waals surface area (Å²) >= 11 is 1.71. The normalized spacial score (nSPS) is 14.2. The standard InChI is InChI=1S/C21H29N3O2S2/c1-3-23(4-2)14-8-13-22-18-11-12-21-20(17-18)24(15-16-27-21)28(25,26)19-9-6-5-7-10-19/h5-7,9-12,17,22H,3-4,8,13-16H2,1-2H3. The van der Waals surface area contributed by atoms with Gasteiger partial charge in [-0.15, -0.1) is 11.8 Å². The Morgan fingerprint density at radius 2 is 1.86 bits per heavy atom. The van der Waals surface area contributed by atoms with Gasteiger partial charge in [-0.25, -0.2) is 8.42 Å². The van der Waals surface area contributed by atoms with Gasteiger partial charge in [0.15, 0.2) is 0 Å². The Morgan fingerprint density at radius 3 is 2.57 bits per heavy atom. The van der Waals surface area contributed by atoms with Gasteiger partial charge in [0.1, 0.15) is 0 Å². The molecule has 0 amide bonds. The minimum absolute atomic E-state index is 0.338. The Bertz CT molecular complexity index is 868. The van der Waals surface area contributed by atoms with Crippen LogP contribution >= 0.6 is 11.8 Å². The van der Waals surface area contributed by atoms with E-state index in [2.05, 4.69) is 24.1 Å². The predicted octanol–water partition coefficient (Wildman–Crippen LogP) is 4.13. The third-order valence-electron chi connectivity index (χ3n) is 4.99. The van der Waals surface area contributed by atoms with Crippen molar-refractivity contribution in [1.29, 1.82) is 0 Å². The van der Waals surface area contributed by atoms with E-state index < -0.39 is 10.0 Å².